The van der Waals surface area contributed by atoms with Crippen LogP contribution in [0.5, 0.6) is 0 Å². The first-order valence-electron chi connectivity index (χ1n) is 9.82. The molecule has 2 aromatic heterocycles. The highest BCUT2D eigenvalue weighted by atomic mass is 32.1. The first kappa shape index (κ1) is 20.0. The van der Waals surface area contributed by atoms with E-state index in [0.717, 1.165) is 32.4 Å². The SMILES string of the molecule is O=C(Nc1nncs1)c1ccc(NC2CCN(CCCc3ccccc3)C2=O)nc1. The Balaban J connectivity index is 1.26. The number of benzene rings is 1. The molecule has 1 saturated heterocycles. The molecule has 154 valence electrons. The van der Waals surface area contributed by atoms with Crippen LogP contribution in [-0.4, -0.2) is 51.0 Å². The number of nitrogens with zero attached hydrogens (tertiary/aromatic N) is 4. The number of rotatable bonds is 8. The van der Waals surface area contributed by atoms with Gasteiger partial charge >= 0.3 is 0 Å². The van der Waals surface area contributed by atoms with E-state index in [1.165, 1.54) is 23.1 Å². The summed E-state index contributed by atoms with van der Waals surface area (Å²) in [5, 5.41) is 13.7. The lowest BCUT2D eigenvalue weighted by atomic mass is 10.1. The number of amides is 2. The minimum absolute atomic E-state index is 0.1000. The standard InChI is InChI=1S/C21H22N6O2S/c28-19(25-21-26-23-14-30-21)16-8-9-18(22-13-16)24-17-10-12-27(20(17)29)11-4-7-15-5-2-1-3-6-15/h1-3,5-6,8-9,13-14,17H,4,7,10-12H2,(H,22,24)(H,25,26,28). The van der Waals surface area contributed by atoms with Gasteiger partial charge in [0, 0.05) is 19.3 Å². The molecular formula is C21H22N6O2S. The van der Waals surface area contributed by atoms with Gasteiger partial charge in [0.2, 0.25) is 11.0 Å². The van der Waals surface area contributed by atoms with E-state index >= 15 is 0 Å². The van der Waals surface area contributed by atoms with Crippen LogP contribution in [0.1, 0.15) is 28.8 Å². The van der Waals surface area contributed by atoms with E-state index in [1.807, 2.05) is 23.1 Å². The van der Waals surface area contributed by atoms with Crippen molar-refractivity contribution in [3.8, 4) is 0 Å². The number of pyridine rings is 1. The first-order valence-corrected chi connectivity index (χ1v) is 10.7. The third kappa shape index (κ3) is 4.98. The Hall–Kier alpha value is -3.33. The third-order valence-corrected chi connectivity index (χ3v) is 5.57. The quantitative estimate of drug-likeness (QED) is 0.579. The number of nitrogens with one attached hydrogen (secondary N) is 2. The molecule has 3 heterocycles. The molecule has 0 bridgehead atoms. The van der Waals surface area contributed by atoms with E-state index in [0.29, 0.717) is 16.5 Å². The average Bonchev–Trinajstić information content (AvgIpc) is 3.40. The minimum Gasteiger partial charge on any atom is -0.358 e. The van der Waals surface area contributed by atoms with Gasteiger partial charge < -0.3 is 10.2 Å². The van der Waals surface area contributed by atoms with Gasteiger partial charge in [-0.05, 0) is 37.0 Å². The number of aryl methyl sites for hydroxylation is 1. The molecule has 9 heteroatoms. The van der Waals surface area contributed by atoms with Crippen molar-refractivity contribution in [3.63, 3.8) is 0 Å². The molecule has 2 N–H and O–H groups in total. The Bertz CT molecular complexity index is 979. The molecular weight excluding hydrogens is 400 g/mol. The second kappa shape index (κ2) is 9.45. The second-order valence-electron chi connectivity index (χ2n) is 7.03. The van der Waals surface area contributed by atoms with E-state index in [1.54, 1.807) is 17.6 Å². The Morgan fingerprint density at radius 1 is 1.20 bits per heavy atom. The van der Waals surface area contributed by atoms with Gasteiger partial charge in [0.05, 0.1) is 5.56 Å². The molecule has 1 unspecified atom stereocenters. The normalized spacial score (nSPS) is 15.9. The van der Waals surface area contributed by atoms with E-state index in [9.17, 15) is 9.59 Å². The maximum absolute atomic E-state index is 12.7. The summed E-state index contributed by atoms with van der Waals surface area (Å²) in [5.74, 6) is 0.377. The van der Waals surface area contributed by atoms with E-state index in [2.05, 4.69) is 37.9 Å². The summed E-state index contributed by atoms with van der Waals surface area (Å²) in [6.07, 6.45) is 4.13. The number of hydrogen-bond donors (Lipinski definition) is 2. The largest absolute Gasteiger partial charge is 0.358 e. The molecule has 0 spiro atoms. The van der Waals surface area contributed by atoms with E-state index in [-0.39, 0.29) is 17.9 Å². The fourth-order valence-electron chi connectivity index (χ4n) is 3.40. The summed E-state index contributed by atoms with van der Waals surface area (Å²) in [4.78, 5) is 31.0. The van der Waals surface area contributed by atoms with Crippen LogP contribution in [0.15, 0.2) is 54.2 Å². The summed E-state index contributed by atoms with van der Waals surface area (Å²) in [5.41, 5.74) is 3.25. The number of likely N-dealkylation sites (tertiary alicyclic amines) is 1. The highest BCUT2D eigenvalue weighted by Gasteiger charge is 2.31. The van der Waals surface area contributed by atoms with E-state index < -0.39 is 0 Å². The van der Waals surface area contributed by atoms with Crippen LogP contribution in [0.25, 0.3) is 0 Å². The molecule has 2 amide bonds. The maximum atomic E-state index is 12.7. The van der Waals surface area contributed by atoms with Gasteiger partial charge in [-0.3, -0.25) is 14.9 Å². The van der Waals surface area contributed by atoms with Crippen molar-refractivity contribution < 1.29 is 9.59 Å². The van der Waals surface area contributed by atoms with Crippen LogP contribution in [-0.2, 0) is 11.2 Å². The smallest absolute Gasteiger partial charge is 0.259 e. The third-order valence-electron chi connectivity index (χ3n) is 4.96. The van der Waals surface area contributed by atoms with Crippen molar-refractivity contribution in [1.82, 2.24) is 20.1 Å². The van der Waals surface area contributed by atoms with Crippen molar-refractivity contribution in [2.24, 2.45) is 0 Å². The lowest BCUT2D eigenvalue weighted by molar-refractivity contribution is -0.128. The van der Waals surface area contributed by atoms with Crippen LogP contribution >= 0.6 is 11.3 Å². The lowest BCUT2D eigenvalue weighted by Gasteiger charge is -2.17. The molecule has 1 atom stereocenters. The Morgan fingerprint density at radius 3 is 2.80 bits per heavy atom. The molecule has 0 saturated carbocycles. The van der Waals surface area contributed by atoms with Crippen molar-refractivity contribution in [2.45, 2.75) is 25.3 Å². The predicted octanol–water partition coefficient (Wildman–Crippen LogP) is 2.83. The topological polar surface area (TPSA) is 100 Å². The molecule has 3 aromatic rings. The van der Waals surface area contributed by atoms with Gasteiger partial charge in [0.25, 0.3) is 5.91 Å². The molecule has 30 heavy (non-hydrogen) atoms. The molecule has 1 aromatic carbocycles. The van der Waals surface area contributed by atoms with Crippen molar-refractivity contribution in [3.05, 3.63) is 65.3 Å². The van der Waals surface area contributed by atoms with Gasteiger partial charge in [-0.1, -0.05) is 41.7 Å². The highest BCUT2D eigenvalue weighted by Crippen LogP contribution is 2.18. The molecule has 4 rings (SSSR count). The van der Waals surface area contributed by atoms with Crippen LogP contribution in [0, 0.1) is 0 Å². The average molecular weight is 423 g/mol. The summed E-state index contributed by atoms with van der Waals surface area (Å²) in [6.45, 7) is 1.50. The molecule has 1 aliphatic rings. The number of carbonyl (C=O) groups is 2. The Kier molecular flexibility index (Phi) is 6.29. The van der Waals surface area contributed by atoms with Crippen molar-refractivity contribution >= 4 is 34.1 Å². The summed E-state index contributed by atoms with van der Waals surface area (Å²) >= 11 is 1.25. The molecule has 1 fully saturated rings. The highest BCUT2D eigenvalue weighted by molar-refractivity contribution is 7.13. The minimum atomic E-state index is -0.299. The van der Waals surface area contributed by atoms with Crippen molar-refractivity contribution in [2.75, 3.05) is 23.7 Å². The molecule has 8 nitrogen and oxygen atoms in total. The zero-order chi connectivity index (χ0) is 20.8. The zero-order valence-electron chi connectivity index (χ0n) is 16.3. The Morgan fingerprint density at radius 2 is 2.07 bits per heavy atom. The van der Waals surface area contributed by atoms with Gasteiger partial charge in [0.1, 0.15) is 17.4 Å². The first-order chi connectivity index (χ1) is 14.7. The summed E-state index contributed by atoms with van der Waals surface area (Å²) in [6, 6.07) is 13.4. The Labute approximate surface area is 178 Å². The zero-order valence-corrected chi connectivity index (χ0v) is 17.1. The van der Waals surface area contributed by atoms with Crippen molar-refractivity contribution in [1.29, 1.82) is 0 Å². The predicted molar refractivity (Wildman–Crippen MR) is 115 cm³/mol. The van der Waals surface area contributed by atoms with E-state index in [4.69, 9.17) is 0 Å². The number of carbonyl (C=O) groups excluding carboxylic acids is 2. The second-order valence-corrected chi connectivity index (χ2v) is 7.86. The number of hydrogen-bond acceptors (Lipinski definition) is 7. The van der Waals surface area contributed by atoms with Gasteiger partial charge in [-0.15, -0.1) is 10.2 Å². The monoisotopic (exact) mass is 422 g/mol. The van der Waals surface area contributed by atoms with Crippen LogP contribution < -0.4 is 10.6 Å². The van der Waals surface area contributed by atoms with Gasteiger partial charge in [-0.25, -0.2) is 4.98 Å². The fourth-order valence-corrected chi connectivity index (χ4v) is 3.84. The van der Waals surface area contributed by atoms with Gasteiger partial charge in [-0.2, -0.15) is 0 Å². The lowest BCUT2D eigenvalue weighted by Crippen LogP contribution is -2.34. The molecule has 0 radical (unpaired) electrons. The fraction of sp³-hybridized carbons (Fsp3) is 0.286. The van der Waals surface area contributed by atoms with Crippen LogP contribution in [0.4, 0.5) is 10.9 Å². The summed E-state index contributed by atoms with van der Waals surface area (Å²) < 4.78 is 0. The maximum Gasteiger partial charge on any atom is 0.259 e. The van der Waals surface area contributed by atoms with Crippen LogP contribution in [0.3, 0.4) is 0 Å². The van der Waals surface area contributed by atoms with Crippen LogP contribution in [0.2, 0.25) is 0 Å². The number of aromatic nitrogens is 3. The number of anilines is 2. The molecule has 1 aliphatic heterocycles. The molecule has 0 aliphatic carbocycles. The summed E-state index contributed by atoms with van der Waals surface area (Å²) in [7, 11) is 0. The van der Waals surface area contributed by atoms with Gasteiger partial charge in [0.15, 0.2) is 0 Å².